The molecule has 0 radical (unpaired) electrons. The molecule has 1 aromatic rings. The van der Waals surface area contributed by atoms with Crippen molar-refractivity contribution in [1.29, 1.82) is 0 Å². The maximum atomic E-state index is 12.6. The minimum atomic E-state index is -1.23. The molecule has 1 atom stereocenters. The van der Waals surface area contributed by atoms with Crippen LogP contribution in [0.2, 0.25) is 0 Å². The average molecular weight is 314 g/mol. The molecule has 1 unspecified atom stereocenters. The Balaban J connectivity index is 1.82. The zero-order valence-electron chi connectivity index (χ0n) is 13.5. The van der Waals surface area contributed by atoms with Crippen LogP contribution in [0.5, 0.6) is 0 Å². The van der Waals surface area contributed by atoms with Gasteiger partial charge in [0.25, 0.3) is 0 Å². The molecule has 3 rings (SSSR count). The maximum absolute atomic E-state index is 12.6. The van der Waals surface area contributed by atoms with Crippen LogP contribution in [-0.4, -0.2) is 23.1 Å². The van der Waals surface area contributed by atoms with Gasteiger partial charge in [-0.05, 0) is 30.4 Å². The smallest absolute Gasteiger partial charge is 0.244 e. The van der Waals surface area contributed by atoms with Gasteiger partial charge >= 0.3 is 0 Å². The molecule has 5 nitrogen and oxygen atoms in total. The molecule has 2 N–H and O–H groups in total. The molecule has 1 spiro atoms. The number of rotatable bonds is 3. The van der Waals surface area contributed by atoms with Gasteiger partial charge in [0.15, 0.2) is 11.7 Å². The van der Waals surface area contributed by atoms with Crippen LogP contribution >= 0.6 is 0 Å². The number of ketones is 1. The summed E-state index contributed by atoms with van der Waals surface area (Å²) in [6.07, 6.45) is 3.11. The normalized spacial score (nSPS) is 22.7. The Morgan fingerprint density at radius 3 is 2.52 bits per heavy atom. The van der Waals surface area contributed by atoms with Gasteiger partial charge in [-0.25, -0.2) is 0 Å². The molecule has 1 aliphatic heterocycles. The number of Topliss-reactive ketones (excluding diaryl/α,β-unsaturated/α-hetero) is 1. The van der Waals surface area contributed by atoms with Crippen molar-refractivity contribution in [2.45, 2.75) is 51.0 Å². The molecule has 1 aromatic carbocycles. The fourth-order valence-electron chi connectivity index (χ4n) is 3.67. The summed E-state index contributed by atoms with van der Waals surface area (Å²) in [5.41, 5.74) is 0.860. The minimum Gasteiger partial charge on any atom is -0.342 e. The summed E-state index contributed by atoms with van der Waals surface area (Å²) < 4.78 is 0. The summed E-state index contributed by atoms with van der Waals surface area (Å²) in [5, 5.41) is 5.56. The van der Waals surface area contributed by atoms with Gasteiger partial charge in [0.2, 0.25) is 11.8 Å². The Labute approximate surface area is 135 Å². The van der Waals surface area contributed by atoms with Crippen molar-refractivity contribution in [2.75, 3.05) is 5.32 Å². The molecule has 0 bridgehead atoms. The van der Waals surface area contributed by atoms with Gasteiger partial charge in [0, 0.05) is 5.69 Å². The number of anilines is 1. The molecule has 1 heterocycles. The van der Waals surface area contributed by atoms with E-state index in [1.165, 1.54) is 0 Å². The number of amides is 2. The van der Waals surface area contributed by atoms with Crippen molar-refractivity contribution in [2.24, 2.45) is 5.92 Å². The van der Waals surface area contributed by atoms with Crippen molar-refractivity contribution in [3.8, 4) is 0 Å². The van der Waals surface area contributed by atoms with Crippen LogP contribution in [0, 0.1) is 5.92 Å². The van der Waals surface area contributed by atoms with Gasteiger partial charge in [0.05, 0.1) is 5.54 Å². The second-order valence-electron chi connectivity index (χ2n) is 6.81. The highest BCUT2D eigenvalue weighted by molar-refractivity contribution is 6.27. The van der Waals surface area contributed by atoms with Gasteiger partial charge in [0.1, 0.15) is 0 Å². The van der Waals surface area contributed by atoms with Crippen molar-refractivity contribution < 1.29 is 14.4 Å². The second-order valence-corrected chi connectivity index (χ2v) is 6.81. The van der Waals surface area contributed by atoms with Gasteiger partial charge in [-0.3, -0.25) is 14.4 Å². The summed E-state index contributed by atoms with van der Waals surface area (Å²) in [6.45, 7) is 4.07. The van der Waals surface area contributed by atoms with Crippen LogP contribution in [0.25, 0.3) is 0 Å². The van der Waals surface area contributed by atoms with E-state index in [-0.39, 0.29) is 11.7 Å². The molecule has 2 amide bonds. The SMILES string of the molecule is CC(C)c1ccccc1NC(=O)C1C(=O)NC2(CCCC2)C1=O. The molecule has 1 saturated carbocycles. The molecule has 122 valence electrons. The Bertz CT molecular complexity index is 660. The Kier molecular flexibility index (Phi) is 3.96. The lowest BCUT2D eigenvalue weighted by Gasteiger charge is -2.20. The van der Waals surface area contributed by atoms with Crippen LogP contribution in [0.1, 0.15) is 51.0 Å². The minimum absolute atomic E-state index is 0.237. The van der Waals surface area contributed by atoms with E-state index in [1.54, 1.807) is 6.07 Å². The van der Waals surface area contributed by atoms with Crippen LogP contribution in [0.4, 0.5) is 5.69 Å². The molecule has 23 heavy (non-hydrogen) atoms. The number of carbonyl (C=O) groups excluding carboxylic acids is 3. The first-order chi connectivity index (χ1) is 10.9. The van der Waals surface area contributed by atoms with Crippen LogP contribution in [-0.2, 0) is 14.4 Å². The molecule has 2 fully saturated rings. The van der Waals surface area contributed by atoms with Gasteiger partial charge < -0.3 is 10.6 Å². The zero-order chi connectivity index (χ0) is 16.6. The lowest BCUT2D eigenvalue weighted by Crippen LogP contribution is -2.44. The number of para-hydroxylation sites is 1. The van der Waals surface area contributed by atoms with Crippen molar-refractivity contribution in [3.05, 3.63) is 29.8 Å². The zero-order valence-corrected chi connectivity index (χ0v) is 13.5. The molecule has 1 saturated heterocycles. The van der Waals surface area contributed by atoms with E-state index in [1.807, 2.05) is 32.0 Å². The number of hydrogen-bond donors (Lipinski definition) is 2. The number of hydrogen-bond acceptors (Lipinski definition) is 3. The van der Waals surface area contributed by atoms with Crippen LogP contribution in [0.15, 0.2) is 24.3 Å². The molecular formula is C18H22N2O3. The van der Waals surface area contributed by atoms with E-state index < -0.39 is 23.3 Å². The maximum Gasteiger partial charge on any atom is 0.244 e. The highest BCUT2D eigenvalue weighted by Gasteiger charge is 2.56. The van der Waals surface area contributed by atoms with Gasteiger partial charge in [-0.1, -0.05) is 44.9 Å². The first-order valence-electron chi connectivity index (χ1n) is 8.21. The summed E-state index contributed by atoms with van der Waals surface area (Å²) in [5.74, 6) is -2.24. The Hall–Kier alpha value is -2.17. The standard InChI is InChI=1S/C18H22N2O3/c1-11(2)12-7-3-4-8-13(12)19-16(22)14-15(21)18(20-17(14)23)9-5-6-10-18/h3-4,7-8,11,14H,5-6,9-10H2,1-2H3,(H,19,22)(H,20,23). The average Bonchev–Trinajstić information content (AvgIpc) is 3.06. The third-order valence-electron chi connectivity index (χ3n) is 4.92. The predicted octanol–water partition coefficient (Wildman–Crippen LogP) is 2.38. The quantitative estimate of drug-likeness (QED) is 0.841. The summed E-state index contributed by atoms with van der Waals surface area (Å²) in [6, 6.07) is 7.48. The first kappa shape index (κ1) is 15.7. The summed E-state index contributed by atoms with van der Waals surface area (Å²) >= 11 is 0. The molecule has 5 heteroatoms. The largest absolute Gasteiger partial charge is 0.342 e. The highest BCUT2D eigenvalue weighted by atomic mass is 16.2. The monoisotopic (exact) mass is 314 g/mol. The van der Waals surface area contributed by atoms with E-state index in [2.05, 4.69) is 10.6 Å². The van der Waals surface area contributed by atoms with Crippen LogP contribution < -0.4 is 10.6 Å². The first-order valence-corrected chi connectivity index (χ1v) is 8.21. The molecule has 2 aliphatic rings. The second kappa shape index (κ2) is 5.80. The van der Waals surface area contributed by atoms with Gasteiger partial charge in [-0.15, -0.1) is 0 Å². The van der Waals surface area contributed by atoms with E-state index in [0.29, 0.717) is 18.5 Å². The third-order valence-corrected chi connectivity index (χ3v) is 4.92. The molecule has 1 aliphatic carbocycles. The fourth-order valence-corrected chi connectivity index (χ4v) is 3.67. The van der Waals surface area contributed by atoms with E-state index in [9.17, 15) is 14.4 Å². The van der Waals surface area contributed by atoms with Crippen molar-refractivity contribution in [1.82, 2.24) is 5.32 Å². The summed E-state index contributed by atoms with van der Waals surface area (Å²) in [7, 11) is 0. The van der Waals surface area contributed by atoms with Crippen LogP contribution in [0.3, 0.4) is 0 Å². The van der Waals surface area contributed by atoms with Crippen molar-refractivity contribution in [3.63, 3.8) is 0 Å². The van der Waals surface area contributed by atoms with E-state index >= 15 is 0 Å². The lowest BCUT2D eigenvalue weighted by molar-refractivity contribution is -0.135. The third kappa shape index (κ3) is 2.64. The predicted molar refractivity (Wildman–Crippen MR) is 87.0 cm³/mol. The molecule has 0 aromatic heterocycles. The van der Waals surface area contributed by atoms with E-state index in [4.69, 9.17) is 0 Å². The van der Waals surface area contributed by atoms with Gasteiger partial charge in [-0.2, -0.15) is 0 Å². The van der Waals surface area contributed by atoms with E-state index in [0.717, 1.165) is 18.4 Å². The number of nitrogens with one attached hydrogen (secondary N) is 2. The number of benzene rings is 1. The topological polar surface area (TPSA) is 75.3 Å². The number of carbonyl (C=O) groups is 3. The highest BCUT2D eigenvalue weighted by Crippen LogP contribution is 2.37. The van der Waals surface area contributed by atoms with Crippen molar-refractivity contribution >= 4 is 23.3 Å². The lowest BCUT2D eigenvalue weighted by atomic mass is 9.89. The Morgan fingerprint density at radius 1 is 1.22 bits per heavy atom. The Morgan fingerprint density at radius 2 is 1.87 bits per heavy atom. The fraction of sp³-hybridized carbons (Fsp3) is 0.500. The molecular weight excluding hydrogens is 292 g/mol. The summed E-state index contributed by atoms with van der Waals surface area (Å²) in [4.78, 5) is 37.4.